The summed E-state index contributed by atoms with van der Waals surface area (Å²) >= 11 is 0. The predicted molar refractivity (Wildman–Crippen MR) is 58.9 cm³/mol. The highest BCUT2D eigenvalue weighted by molar-refractivity contribution is 7.89. The lowest BCUT2D eigenvalue weighted by Crippen LogP contribution is -2.41. The monoisotopic (exact) mass is 255 g/mol. The Morgan fingerprint density at radius 1 is 1.25 bits per heavy atom. The molecule has 1 heterocycles. The maximum absolute atomic E-state index is 12.1. The molecule has 0 aromatic heterocycles. The van der Waals surface area contributed by atoms with Crippen LogP contribution >= 0.6 is 0 Å². The van der Waals surface area contributed by atoms with E-state index in [0.29, 0.717) is 24.9 Å². The number of piperidine rings is 1. The standard InChI is InChI=1S/C10H19F2NO2S/c1-8(2)9-3-5-13(6-4-9)16(14,15)7-10(11)12/h8-10H,3-7H2,1-2H3. The van der Waals surface area contributed by atoms with Gasteiger partial charge in [0.2, 0.25) is 10.0 Å². The van der Waals surface area contributed by atoms with Crippen LogP contribution in [0.5, 0.6) is 0 Å². The first-order chi connectivity index (χ1) is 7.33. The third kappa shape index (κ3) is 3.66. The summed E-state index contributed by atoms with van der Waals surface area (Å²) in [5, 5.41) is 0. The summed E-state index contributed by atoms with van der Waals surface area (Å²) < 4.78 is 48.4. The Hall–Kier alpha value is -0.230. The predicted octanol–water partition coefficient (Wildman–Crippen LogP) is 1.95. The number of hydrogen-bond donors (Lipinski definition) is 0. The molecular formula is C10H19F2NO2S. The van der Waals surface area contributed by atoms with E-state index in [1.165, 1.54) is 4.31 Å². The van der Waals surface area contributed by atoms with Gasteiger partial charge in [0.15, 0.2) is 0 Å². The van der Waals surface area contributed by atoms with E-state index < -0.39 is 22.2 Å². The van der Waals surface area contributed by atoms with Gasteiger partial charge in [-0.25, -0.2) is 21.5 Å². The Morgan fingerprint density at radius 3 is 2.12 bits per heavy atom. The fourth-order valence-corrected chi connectivity index (χ4v) is 3.38. The van der Waals surface area contributed by atoms with Crippen LogP contribution in [0.3, 0.4) is 0 Å². The van der Waals surface area contributed by atoms with Crippen LogP contribution in [0.1, 0.15) is 26.7 Å². The summed E-state index contributed by atoms with van der Waals surface area (Å²) in [5.74, 6) is -0.00255. The van der Waals surface area contributed by atoms with Crippen LogP contribution in [0.25, 0.3) is 0 Å². The molecule has 0 bridgehead atoms. The van der Waals surface area contributed by atoms with Gasteiger partial charge >= 0.3 is 0 Å². The van der Waals surface area contributed by atoms with Crippen LogP contribution in [-0.2, 0) is 10.0 Å². The summed E-state index contributed by atoms with van der Waals surface area (Å²) in [6, 6.07) is 0. The van der Waals surface area contributed by atoms with Crippen molar-refractivity contribution in [3.05, 3.63) is 0 Å². The van der Waals surface area contributed by atoms with Gasteiger partial charge in [-0.05, 0) is 24.7 Å². The maximum Gasteiger partial charge on any atom is 0.253 e. The molecule has 1 aliphatic heterocycles. The van der Waals surface area contributed by atoms with Crippen molar-refractivity contribution in [2.75, 3.05) is 18.8 Å². The summed E-state index contributed by atoms with van der Waals surface area (Å²) in [4.78, 5) is 0. The molecule has 1 saturated heterocycles. The topological polar surface area (TPSA) is 37.4 Å². The number of rotatable bonds is 4. The molecule has 0 aliphatic carbocycles. The average Bonchev–Trinajstić information content (AvgIpc) is 2.16. The van der Waals surface area contributed by atoms with Gasteiger partial charge in [-0.1, -0.05) is 13.8 Å². The second kappa shape index (κ2) is 5.40. The first-order valence-electron chi connectivity index (χ1n) is 5.59. The lowest BCUT2D eigenvalue weighted by molar-refractivity contribution is 0.169. The Kier molecular flexibility index (Phi) is 4.67. The van der Waals surface area contributed by atoms with E-state index in [4.69, 9.17) is 0 Å². The van der Waals surface area contributed by atoms with Crippen molar-refractivity contribution in [1.82, 2.24) is 4.31 Å². The van der Waals surface area contributed by atoms with Crippen molar-refractivity contribution in [2.45, 2.75) is 33.1 Å². The zero-order valence-corrected chi connectivity index (χ0v) is 10.5. The van der Waals surface area contributed by atoms with Crippen LogP contribution in [0, 0.1) is 11.8 Å². The molecular weight excluding hydrogens is 236 g/mol. The van der Waals surface area contributed by atoms with Gasteiger partial charge in [-0.15, -0.1) is 0 Å². The highest BCUT2D eigenvalue weighted by Crippen LogP contribution is 2.26. The van der Waals surface area contributed by atoms with E-state index in [1.807, 2.05) is 0 Å². The molecule has 96 valence electrons. The smallest absolute Gasteiger partial charge is 0.212 e. The molecule has 3 nitrogen and oxygen atoms in total. The second-order valence-corrected chi connectivity index (χ2v) is 6.66. The van der Waals surface area contributed by atoms with Crippen molar-refractivity contribution in [3.63, 3.8) is 0 Å². The van der Waals surface area contributed by atoms with Gasteiger partial charge in [0, 0.05) is 13.1 Å². The summed E-state index contributed by atoms with van der Waals surface area (Å²) in [5.41, 5.74) is 0. The zero-order chi connectivity index (χ0) is 12.3. The van der Waals surface area contributed by atoms with Crippen LogP contribution in [0.15, 0.2) is 0 Å². The van der Waals surface area contributed by atoms with Crippen molar-refractivity contribution < 1.29 is 17.2 Å². The van der Waals surface area contributed by atoms with E-state index in [0.717, 1.165) is 12.8 Å². The quantitative estimate of drug-likeness (QED) is 0.770. The lowest BCUT2D eigenvalue weighted by Gasteiger charge is -2.33. The summed E-state index contributed by atoms with van der Waals surface area (Å²) in [6.07, 6.45) is -1.23. The lowest BCUT2D eigenvalue weighted by atomic mass is 9.87. The second-order valence-electron chi connectivity index (χ2n) is 4.65. The third-order valence-electron chi connectivity index (χ3n) is 3.17. The zero-order valence-electron chi connectivity index (χ0n) is 9.70. The Balaban J connectivity index is 2.53. The van der Waals surface area contributed by atoms with Gasteiger partial charge in [0.25, 0.3) is 6.43 Å². The van der Waals surface area contributed by atoms with E-state index in [9.17, 15) is 17.2 Å². The van der Waals surface area contributed by atoms with Gasteiger partial charge in [0.1, 0.15) is 5.75 Å². The molecule has 0 atom stereocenters. The molecule has 0 spiro atoms. The third-order valence-corrected chi connectivity index (χ3v) is 5.00. The van der Waals surface area contributed by atoms with Crippen molar-refractivity contribution >= 4 is 10.0 Å². The average molecular weight is 255 g/mol. The van der Waals surface area contributed by atoms with Crippen LogP contribution < -0.4 is 0 Å². The normalized spacial score (nSPS) is 20.9. The first kappa shape index (κ1) is 13.8. The molecule has 6 heteroatoms. The van der Waals surface area contributed by atoms with E-state index in [2.05, 4.69) is 13.8 Å². The molecule has 0 N–H and O–H groups in total. The highest BCUT2D eigenvalue weighted by Gasteiger charge is 2.30. The molecule has 1 rings (SSSR count). The molecule has 0 radical (unpaired) electrons. The fourth-order valence-electron chi connectivity index (χ4n) is 2.09. The van der Waals surface area contributed by atoms with Gasteiger partial charge < -0.3 is 0 Å². The molecule has 0 aromatic rings. The molecule has 0 amide bonds. The Bertz CT molecular complexity index is 309. The SMILES string of the molecule is CC(C)C1CCN(S(=O)(=O)CC(F)F)CC1. The molecule has 1 fully saturated rings. The fraction of sp³-hybridized carbons (Fsp3) is 1.00. The van der Waals surface area contributed by atoms with Gasteiger partial charge in [-0.3, -0.25) is 0 Å². The van der Waals surface area contributed by atoms with E-state index in [-0.39, 0.29) is 0 Å². The molecule has 0 aromatic carbocycles. The maximum atomic E-state index is 12.1. The number of halogens is 2. The number of alkyl halides is 2. The Labute approximate surface area is 95.9 Å². The number of hydrogen-bond acceptors (Lipinski definition) is 2. The van der Waals surface area contributed by atoms with Crippen LogP contribution in [0.2, 0.25) is 0 Å². The Morgan fingerprint density at radius 2 is 1.75 bits per heavy atom. The van der Waals surface area contributed by atoms with Crippen LogP contribution in [-0.4, -0.2) is 38.0 Å². The van der Waals surface area contributed by atoms with Crippen molar-refractivity contribution in [3.8, 4) is 0 Å². The summed E-state index contributed by atoms with van der Waals surface area (Å²) in [7, 11) is -3.75. The van der Waals surface area contributed by atoms with Crippen molar-refractivity contribution in [2.24, 2.45) is 11.8 Å². The molecule has 1 aliphatic rings. The first-order valence-corrected chi connectivity index (χ1v) is 7.20. The van der Waals surface area contributed by atoms with Crippen molar-refractivity contribution in [1.29, 1.82) is 0 Å². The highest BCUT2D eigenvalue weighted by atomic mass is 32.2. The number of sulfonamides is 1. The minimum absolute atomic E-state index is 0.387. The number of nitrogens with zero attached hydrogens (tertiary/aromatic N) is 1. The van der Waals surface area contributed by atoms with Gasteiger partial charge in [-0.2, -0.15) is 0 Å². The molecule has 16 heavy (non-hydrogen) atoms. The minimum atomic E-state index is -3.75. The van der Waals surface area contributed by atoms with Crippen LogP contribution in [0.4, 0.5) is 8.78 Å². The minimum Gasteiger partial charge on any atom is -0.212 e. The van der Waals surface area contributed by atoms with E-state index in [1.54, 1.807) is 0 Å². The van der Waals surface area contributed by atoms with E-state index >= 15 is 0 Å². The molecule has 0 saturated carbocycles. The summed E-state index contributed by atoms with van der Waals surface area (Å²) in [6.45, 7) is 4.98. The molecule has 0 unspecified atom stereocenters. The van der Waals surface area contributed by atoms with Gasteiger partial charge in [0.05, 0.1) is 0 Å². The largest absolute Gasteiger partial charge is 0.253 e.